The van der Waals surface area contributed by atoms with Gasteiger partial charge in [0.2, 0.25) is 23.6 Å². The third kappa shape index (κ3) is 41.8. The summed E-state index contributed by atoms with van der Waals surface area (Å²) in [5.41, 5.74) is -1.33. The molecule has 116 heavy (non-hydrogen) atoms. The predicted octanol–water partition coefficient (Wildman–Crippen LogP) is 5.99. The summed E-state index contributed by atoms with van der Waals surface area (Å²) < 4.78 is 59.2. The van der Waals surface area contributed by atoms with Gasteiger partial charge in [0.05, 0.1) is 113 Å². The average molecular weight is 1680 g/mol. The highest BCUT2D eigenvalue weighted by molar-refractivity contribution is 7.52. The number of nitrogens with zero attached hydrogens (tertiary/aromatic N) is 1. The van der Waals surface area contributed by atoms with Crippen molar-refractivity contribution in [2.75, 3.05) is 119 Å². The molecule has 0 aromatic heterocycles. The quantitative estimate of drug-likeness (QED) is 0.0246. The summed E-state index contributed by atoms with van der Waals surface area (Å²) in [6.45, 7) is 7.50. The second kappa shape index (κ2) is 59.8. The number of likely N-dealkylation sites (tertiary alicyclic amines) is 1. The van der Waals surface area contributed by atoms with E-state index in [0.717, 1.165) is 38.5 Å². The molecular weight excluding hydrogens is 1530 g/mol. The molecule has 1 heterocycles. The van der Waals surface area contributed by atoms with E-state index in [2.05, 4.69) is 16.0 Å². The van der Waals surface area contributed by atoms with Gasteiger partial charge in [0.1, 0.15) is 28.7 Å². The van der Waals surface area contributed by atoms with Gasteiger partial charge in [-0.25, -0.2) is 0 Å². The standard InChI is InChI=1S/C84H151N4O27P/c1-59-71(47-62(52-89)81(104)78(59)101)112-41-23-20-31-66(92)27-14-12-16-29-68(94)36-44-109-56-84(87-76(99)34-18-10-8-6-7-9-11-19-35-77(100)88-51-70(96)50-65(88)55-115-116(5,107)108-4,57-110-45-37-69(95)30-17-13-15-28-67(93)32-21-24-42-113-72-48-63(53-90)82(105)79(102)60(72)2)58-111-46-38-75(98)86-40-26-39-85-74(97)33-22-25-43-114-73-49-64(54-91)83(106)80(103)61(73)3/h59-65,70-73,78-83,89-91,96,101-106H,6-58H2,1-5H3,(H,85,97)(H,86,98)(H,87,99)/t59?,60?,61?,62?,63?,64?,65-,70+,71?,72?,73?,78?,79?,80?,81?,82?,83?,84?,116?/m0/s1. The molecule has 0 bridgehead atoms. The third-order valence-electron chi connectivity index (χ3n) is 23.7. The molecule has 0 radical (unpaired) electrons. The molecule has 674 valence electrons. The van der Waals surface area contributed by atoms with Crippen LogP contribution in [0.2, 0.25) is 0 Å². The van der Waals surface area contributed by atoms with E-state index in [1.807, 2.05) is 13.8 Å². The molecule has 3 aliphatic carbocycles. The van der Waals surface area contributed by atoms with Crippen molar-refractivity contribution < 1.29 is 131 Å². The number of aliphatic hydroxyl groups is 10. The second-order valence-electron chi connectivity index (χ2n) is 33.4. The molecule has 4 rings (SSSR count). The van der Waals surface area contributed by atoms with Crippen molar-refractivity contribution in [1.29, 1.82) is 0 Å². The van der Waals surface area contributed by atoms with Gasteiger partial charge in [-0.1, -0.05) is 72.1 Å². The van der Waals surface area contributed by atoms with Gasteiger partial charge in [-0.2, -0.15) is 0 Å². The Morgan fingerprint density at radius 1 is 0.397 bits per heavy atom. The number of aliphatic hydroxyl groups excluding tert-OH is 10. The largest absolute Gasteiger partial charge is 0.396 e. The molecule has 13 N–H and O–H groups in total. The number of hydrogen-bond donors (Lipinski definition) is 13. The first-order valence-electron chi connectivity index (χ1n) is 43.7. The number of rotatable bonds is 68. The van der Waals surface area contributed by atoms with Gasteiger partial charge in [-0.3, -0.25) is 42.9 Å². The Balaban J connectivity index is 1.28. The summed E-state index contributed by atoms with van der Waals surface area (Å²) in [6.07, 6.45) is 11.4. The monoisotopic (exact) mass is 1680 g/mol. The number of nitrogens with one attached hydrogen (secondary N) is 3. The van der Waals surface area contributed by atoms with E-state index in [0.29, 0.717) is 180 Å². The molecule has 3 saturated carbocycles. The Morgan fingerprint density at radius 2 is 0.724 bits per heavy atom. The summed E-state index contributed by atoms with van der Waals surface area (Å²) in [7, 11) is -1.95. The molecule has 32 heteroatoms. The fourth-order valence-electron chi connectivity index (χ4n) is 15.7. The van der Waals surface area contributed by atoms with Crippen LogP contribution in [0.4, 0.5) is 0 Å². The lowest BCUT2D eigenvalue weighted by molar-refractivity contribution is -0.144. The number of hydrogen-bond acceptors (Lipinski definition) is 27. The van der Waals surface area contributed by atoms with Crippen LogP contribution in [0, 0.1) is 35.5 Å². The van der Waals surface area contributed by atoms with Crippen molar-refractivity contribution >= 4 is 54.4 Å². The highest BCUT2D eigenvalue weighted by Gasteiger charge is 2.45. The molecule has 1 aliphatic heterocycles. The number of Topliss-reactive ketones (excluding diaryl/α,β-unsaturated/α-hetero) is 4. The first-order valence-corrected chi connectivity index (χ1v) is 45.7. The van der Waals surface area contributed by atoms with Gasteiger partial charge in [0, 0.05) is 186 Å². The Labute approximate surface area is 689 Å². The number of ketones is 4. The second-order valence-corrected chi connectivity index (χ2v) is 35.6. The van der Waals surface area contributed by atoms with Crippen molar-refractivity contribution in [3.8, 4) is 0 Å². The maximum atomic E-state index is 14.1. The summed E-state index contributed by atoms with van der Waals surface area (Å²) in [6, 6.07) is -0.386. The first kappa shape index (κ1) is 104. The summed E-state index contributed by atoms with van der Waals surface area (Å²) >= 11 is 0. The van der Waals surface area contributed by atoms with E-state index in [-0.39, 0.29) is 213 Å². The van der Waals surface area contributed by atoms with Gasteiger partial charge < -0.3 is 109 Å². The van der Waals surface area contributed by atoms with E-state index in [4.69, 9.17) is 37.5 Å². The molecule has 31 nitrogen and oxygen atoms in total. The predicted molar refractivity (Wildman–Crippen MR) is 433 cm³/mol. The van der Waals surface area contributed by atoms with Crippen LogP contribution in [0.5, 0.6) is 0 Å². The zero-order valence-electron chi connectivity index (χ0n) is 70.6. The van der Waals surface area contributed by atoms with E-state index in [9.17, 15) is 94.0 Å². The molecule has 1 saturated heterocycles. The average Bonchev–Trinajstić information content (AvgIpc) is 1.41. The molecule has 18 atom stereocenters. The van der Waals surface area contributed by atoms with E-state index < -0.39 is 73.6 Å². The van der Waals surface area contributed by atoms with Crippen molar-refractivity contribution in [3.05, 3.63) is 0 Å². The third-order valence-corrected chi connectivity index (χ3v) is 24.9. The minimum atomic E-state index is -3.25. The van der Waals surface area contributed by atoms with Crippen molar-refractivity contribution in [3.63, 3.8) is 0 Å². The van der Waals surface area contributed by atoms with Crippen molar-refractivity contribution in [2.45, 2.75) is 331 Å². The van der Waals surface area contributed by atoms with Crippen LogP contribution >= 0.6 is 7.60 Å². The molecule has 0 aromatic carbocycles. The van der Waals surface area contributed by atoms with Gasteiger partial charge in [0.15, 0.2) is 0 Å². The van der Waals surface area contributed by atoms with E-state index >= 15 is 0 Å². The fraction of sp³-hybridized carbons (Fsp3) is 0.905. The fourth-order valence-corrected chi connectivity index (χ4v) is 16.3. The smallest absolute Gasteiger partial charge is 0.327 e. The zero-order chi connectivity index (χ0) is 85.3. The highest BCUT2D eigenvalue weighted by Crippen LogP contribution is 2.43. The van der Waals surface area contributed by atoms with Crippen LogP contribution in [-0.2, 0) is 80.4 Å². The van der Waals surface area contributed by atoms with E-state index in [1.165, 1.54) is 13.8 Å². The van der Waals surface area contributed by atoms with Crippen LogP contribution in [-0.4, -0.2) is 295 Å². The molecule has 4 amide bonds. The summed E-state index contributed by atoms with van der Waals surface area (Å²) in [5, 5.41) is 110. The van der Waals surface area contributed by atoms with Gasteiger partial charge in [-0.05, 0) is 109 Å². The van der Waals surface area contributed by atoms with Gasteiger partial charge in [0.25, 0.3) is 0 Å². The van der Waals surface area contributed by atoms with Gasteiger partial charge in [-0.15, -0.1) is 0 Å². The lowest BCUT2D eigenvalue weighted by atomic mass is 9.77. The molecule has 4 aliphatic rings. The van der Waals surface area contributed by atoms with Crippen LogP contribution in [0.3, 0.4) is 0 Å². The Hall–Kier alpha value is -3.93. The van der Waals surface area contributed by atoms with Gasteiger partial charge >= 0.3 is 7.60 Å². The highest BCUT2D eigenvalue weighted by atomic mass is 31.2. The van der Waals surface area contributed by atoms with Crippen molar-refractivity contribution in [2.24, 2.45) is 35.5 Å². The van der Waals surface area contributed by atoms with Crippen LogP contribution in [0.1, 0.15) is 258 Å². The van der Waals surface area contributed by atoms with Crippen LogP contribution in [0.25, 0.3) is 0 Å². The first-order chi connectivity index (χ1) is 55.6. The normalized spacial score (nSPS) is 26.6. The van der Waals surface area contributed by atoms with E-state index in [1.54, 1.807) is 11.8 Å². The number of carbonyl (C=O) groups is 8. The summed E-state index contributed by atoms with van der Waals surface area (Å²) in [4.78, 5) is 107. The number of amides is 4. The van der Waals surface area contributed by atoms with Crippen LogP contribution < -0.4 is 16.0 Å². The molecule has 0 aromatic rings. The number of carbonyl (C=O) groups excluding carboxylic acids is 8. The number of β-amino-alcohol motifs (C(OH)–C–C–N with tert-alkyl or cyclic N) is 1. The molecule has 4 fully saturated rings. The molecular formula is C84H151N4O27P. The maximum absolute atomic E-state index is 14.1. The Bertz CT molecular complexity index is 2600. The van der Waals surface area contributed by atoms with Crippen molar-refractivity contribution in [1.82, 2.24) is 20.9 Å². The lowest BCUT2D eigenvalue weighted by Gasteiger charge is -2.40. The SMILES string of the molecule is COP(C)(=O)OC[C@@H]1C[C@@H](O)CN1C(=O)CCCCCCCCCCC(=O)NC(COCCC(=O)CCCCCC(=O)CCCCOC1CC(CO)C(O)C(O)C1C)(COCCC(=O)CCCCCC(=O)CCCCOC1CC(CO)C(O)C(O)C1C)COCCC(=O)NCCCNC(=O)CCCCOC1CC(CO)C(O)C(O)C1C. The molecule has 0 spiro atoms. The Kier molecular flexibility index (Phi) is 53.8. The zero-order valence-corrected chi connectivity index (χ0v) is 71.5. The lowest BCUT2D eigenvalue weighted by Crippen LogP contribution is -2.58. The Morgan fingerprint density at radius 3 is 1.12 bits per heavy atom. The number of ether oxygens (including phenoxy) is 6. The molecule has 16 unspecified atom stereocenters. The topological polar surface area (TPSA) is 469 Å². The summed E-state index contributed by atoms with van der Waals surface area (Å²) in [5.74, 6) is -2.96. The minimum absolute atomic E-state index is 0.00641. The minimum Gasteiger partial charge on any atom is -0.396 e. The maximum Gasteiger partial charge on any atom is 0.327 e. The van der Waals surface area contributed by atoms with Crippen LogP contribution in [0.15, 0.2) is 0 Å². The number of unbranched alkanes of at least 4 members (excludes halogenated alkanes) is 14.